The molecule has 0 aromatic heterocycles. The second-order valence-corrected chi connectivity index (χ2v) is 7.51. The van der Waals surface area contributed by atoms with Gasteiger partial charge in [-0.25, -0.2) is 12.8 Å². The number of carbonyl (C=O) groups excluding carboxylic acids is 2. The van der Waals surface area contributed by atoms with E-state index in [1.807, 2.05) is 0 Å². The molecule has 26 heavy (non-hydrogen) atoms. The summed E-state index contributed by atoms with van der Waals surface area (Å²) in [4.78, 5) is 23.3. The van der Waals surface area contributed by atoms with E-state index in [9.17, 15) is 22.4 Å². The molecule has 0 bridgehead atoms. The Balaban J connectivity index is 2.02. The number of rotatable bonds is 8. The number of halogens is 1. The van der Waals surface area contributed by atoms with E-state index >= 15 is 0 Å². The van der Waals surface area contributed by atoms with Gasteiger partial charge in [-0.2, -0.15) is 4.31 Å². The number of hydrogen-bond donors (Lipinski definition) is 1. The second-order valence-electron chi connectivity index (χ2n) is 5.65. The molecular weight excluding hydrogens is 367 g/mol. The molecule has 0 aliphatic carbocycles. The minimum atomic E-state index is -4.18. The largest absolute Gasteiger partial charge is 0.454 e. The summed E-state index contributed by atoms with van der Waals surface area (Å²) < 4.78 is 49.8. The molecule has 144 valence electrons. The van der Waals surface area contributed by atoms with Gasteiger partial charge >= 0.3 is 5.97 Å². The van der Waals surface area contributed by atoms with Crippen LogP contribution < -0.4 is 5.32 Å². The van der Waals surface area contributed by atoms with Crippen molar-refractivity contribution in [1.29, 1.82) is 0 Å². The van der Waals surface area contributed by atoms with E-state index < -0.39 is 45.3 Å². The first-order valence-electron chi connectivity index (χ1n) is 8.06. The summed E-state index contributed by atoms with van der Waals surface area (Å²) in [6.45, 7) is 0.143. The first-order chi connectivity index (χ1) is 12.4. The van der Waals surface area contributed by atoms with Gasteiger partial charge in [0, 0.05) is 20.2 Å². The van der Waals surface area contributed by atoms with Gasteiger partial charge in [-0.3, -0.25) is 9.59 Å². The number of esters is 1. The molecule has 8 nitrogen and oxygen atoms in total. The Bertz CT molecular complexity index is 755. The summed E-state index contributed by atoms with van der Waals surface area (Å²) in [6.07, 6.45) is 0.686. The van der Waals surface area contributed by atoms with Crippen LogP contribution in [-0.4, -0.2) is 64.1 Å². The molecule has 1 aliphatic rings. The summed E-state index contributed by atoms with van der Waals surface area (Å²) in [6, 6.07) is 3.90. The summed E-state index contributed by atoms with van der Waals surface area (Å²) in [5.41, 5.74) is 0. The van der Waals surface area contributed by atoms with E-state index in [1.165, 1.54) is 19.2 Å². The van der Waals surface area contributed by atoms with E-state index in [0.717, 1.165) is 16.4 Å². The van der Waals surface area contributed by atoms with Crippen molar-refractivity contribution in [1.82, 2.24) is 9.62 Å². The number of amides is 1. The van der Waals surface area contributed by atoms with Crippen molar-refractivity contribution in [3.63, 3.8) is 0 Å². The molecule has 1 fully saturated rings. The Morgan fingerprint density at radius 1 is 1.35 bits per heavy atom. The van der Waals surface area contributed by atoms with Crippen LogP contribution in [-0.2, 0) is 29.1 Å². The van der Waals surface area contributed by atoms with Gasteiger partial charge in [0.1, 0.15) is 16.8 Å². The maximum atomic E-state index is 13.9. The number of sulfonamides is 1. The van der Waals surface area contributed by atoms with Gasteiger partial charge in [0.2, 0.25) is 10.0 Å². The van der Waals surface area contributed by atoms with Crippen molar-refractivity contribution in [3.05, 3.63) is 30.1 Å². The fourth-order valence-electron chi connectivity index (χ4n) is 2.62. The lowest BCUT2D eigenvalue weighted by molar-refractivity contribution is -0.151. The molecule has 1 aliphatic heterocycles. The first kappa shape index (κ1) is 20.3. The zero-order chi connectivity index (χ0) is 19.2. The average molecular weight is 388 g/mol. The third-order valence-corrected chi connectivity index (χ3v) is 5.81. The lowest BCUT2D eigenvalue weighted by atomic mass is 10.2. The third-order valence-electron chi connectivity index (χ3n) is 3.87. The van der Waals surface area contributed by atoms with E-state index in [0.29, 0.717) is 13.0 Å². The fraction of sp³-hybridized carbons (Fsp3) is 0.500. The Hall–Kier alpha value is -2.04. The topological polar surface area (TPSA) is 102 Å². The Kier molecular flexibility index (Phi) is 7.06. The Morgan fingerprint density at radius 2 is 2.08 bits per heavy atom. The van der Waals surface area contributed by atoms with Gasteiger partial charge in [0.15, 0.2) is 6.61 Å². The van der Waals surface area contributed by atoms with E-state index in [2.05, 4.69) is 5.32 Å². The number of ether oxygens (including phenoxy) is 2. The van der Waals surface area contributed by atoms with Crippen molar-refractivity contribution in [2.45, 2.75) is 23.8 Å². The second kappa shape index (κ2) is 9.06. The molecule has 0 unspecified atom stereocenters. The van der Waals surface area contributed by atoms with Crippen LogP contribution in [0.3, 0.4) is 0 Å². The lowest BCUT2D eigenvalue weighted by Crippen LogP contribution is -2.42. The summed E-state index contributed by atoms with van der Waals surface area (Å²) in [7, 11) is -2.70. The molecule has 1 atom stereocenters. The Morgan fingerprint density at radius 3 is 2.77 bits per heavy atom. The highest BCUT2D eigenvalue weighted by atomic mass is 32.2. The predicted octanol–water partition coefficient (Wildman–Crippen LogP) is 0.285. The lowest BCUT2D eigenvalue weighted by Gasteiger charge is -2.22. The highest BCUT2D eigenvalue weighted by molar-refractivity contribution is 7.89. The van der Waals surface area contributed by atoms with Gasteiger partial charge < -0.3 is 14.8 Å². The monoisotopic (exact) mass is 388 g/mol. The van der Waals surface area contributed by atoms with Gasteiger partial charge in [0.05, 0.1) is 6.61 Å². The molecule has 1 amide bonds. The van der Waals surface area contributed by atoms with Crippen LogP contribution in [0.15, 0.2) is 29.2 Å². The smallest absolute Gasteiger partial charge is 0.324 e. The molecule has 2 rings (SSSR count). The first-order valence-corrected chi connectivity index (χ1v) is 9.50. The summed E-state index contributed by atoms with van der Waals surface area (Å²) in [5.74, 6) is -2.23. The number of nitrogens with one attached hydrogen (secondary N) is 1. The standard InChI is InChI=1S/C16H21FN2O6S/c1-24-10-8-18-15(20)11-25-16(21)13-6-4-9-19(13)26(22,23)14-7-3-2-5-12(14)17/h2-3,5,7,13H,4,6,8-11H2,1H3,(H,18,20)/t13-/m0/s1. The number of nitrogens with zero attached hydrogens (tertiary/aromatic N) is 1. The van der Waals surface area contributed by atoms with Crippen molar-refractivity contribution < 1.29 is 31.9 Å². The molecule has 10 heteroatoms. The number of methoxy groups -OCH3 is 1. The average Bonchev–Trinajstić information content (AvgIpc) is 3.11. The maximum Gasteiger partial charge on any atom is 0.324 e. The molecule has 1 N–H and O–H groups in total. The van der Waals surface area contributed by atoms with Gasteiger partial charge in [0.25, 0.3) is 5.91 Å². The minimum Gasteiger partial charge on any atom is -0.454 e. The van der Waals surface area contributed by atoms with Crippen molar-refractivity contribution in [3.8, 4) is 0 Å². The molecule has 1 aromatic rings. The van der Waals surface area contributed by atoms with E-state index in [1.54, 1.807) is 0 Å². The maximum absolute atomic E-state index is 13.9. The van der Waals surface area contributed by atoms with Crippen LogP contribution in [0.4, 0.5) is 4.39 Å². The quantitative estimate of drug-likeness (QED) is 0.507. The van der Waals surface area contributed by atoms with Crippen molar-refractivity contribution >= 4 is 21.9 Å². The minimum absolute atomic E-state index is 0.0798. The van der Waals surface area contributed by atoms with E-state index in [4.69, 9.17) is 9.47 Å². The summed E-state index contributed by atoms with van der Waals surface area (Å²) in [5, 5.41) is 2.48. The summed E-state index contributed by atoms with van der Waals surface area (Å²) >= 11 is 0. The van der Waals surface area contributed by atoms with Gasteiger partial charge in [-0.1, -0.05) is 12.1 Å². The van der Waals surface area contributed by atoms with Crippen LogP contribution in [0.2, 0.25) is 0 Å². The molecule has 1 aromatic carbocycles. The van der Waals surface area contributed by atoms with Crippen LogP contribution in [0.5, 0.6) is 0 Å². The van der Waals surface area contributed by atoms with Crippen LogP contribution in [0, 0.1) is 5.82 Å². The zero-order valence-corrected chi connectivity index (χ0v) is 15.1. The number of hydrogen-bond acceptors (Lipinski definition) is 6. The molecule has 1 saturated heterocycles. The highest BCUT2D eigenvalue weighted by Gasteiger charge is 2.41. The number of carbonyl (C=O) groups is 2. The fourth-order valence-corrected chi connectivity index (χ4v) is 4.33. The Labute approximate surface area is 151 Å². The van der Waals surface area contributed by atoms with Crippen LogP contribution >= 0.6 is 0 Å². The predicted molar refractivity (Wildman–Crippen MR) is 89.2 cm³/mol. The van der Waals surface area contributed by atoms with Gasteiger partial charge in [-0.05, 0) is 25.0 Å². The van der Waals surface area contributed by atoms with Crippen molar-refractivity contribution in [2.75, 3.05) is 33.4 Å². The number of benzene rings is 1. The molecular formula is C16H21FN2O6S. The molecule has 0 saturated carbocycles. The van der Waals surface area contributed by atoms with Crippen LogP contribution in [0.25, 0.3) is 0 Å². The van der Waals surface area contributed by atoms with Crippen molar-refractivity contribution in [2.24, 2.45) is 0 Å². The molecule has 0 spiro atoms. The van der Waals surface area contributed by atoms with E-state index in [-0.39, 0.29) is 19.5 Å². The highest BCUT2D eigenvalue weighted by Crippen LogP contribution is 2.28. The third kappa shape index (κ3) is 4.77. The SMILES string of the molecule is COCCNC(=O)COC(=O)[C@@H]1CCCN1S(=O)(=O)c1ccccc1F. The van der Waals surface area contributed by atoms with Gasteiger partial charge in [-0.15, -0.1) is 0 Å². The van der Waals surface area contributed by atoms with Crippen LogP contribution in [0.1, 0.15) is 12.8 Å². The molecule has 1 heterocycles. The zero-order valence-electron chi connectivity index (χ0n) is 14.3. The normalized spacial score (nSPS) is 17.8. The molecule has 0 radical (unpaired) electrons.